The van der Waals surface area contributed by atoms with E-state index >= 15 is 0 Å². The number of benzene rings is 2. The summed E-state index contributed by atoms with van der Waals surface area (Å²) in [6.45, 7) is 5.94. The van der Waals surface area contributed by atoms with Crippen LogP contribution in [0, 0.1) is 12.8 Å². The SMILES string of the molecule is Cc1ccc(S(=O)(=O)N(CC(=O)NCC(C)C)Cc2ccc(Cl)cc2Cl)cc1. The number of amides is 1. The Morgan fingerprint density at radius 3 is 2.32 bits per heavy atom. The van der Waals surface area contributed by atoms with Crippen LogP contribution < -0.4 is 5.32 Å². The fraction of sp³-hybridized carbons (Fsp3) is 0.350. The first-order valence-electron chi connectivity index (χ1n) is 8.87. The monoisotopic (exact) mass is 442 g/mol. The Morgan fingerprint density at radius 1 is 1.11 bits per heavy atom. The Bertz CT molecular complexity index is 929. The van der Waals surface area contributed by atoms with Crippen LogP contribution >= 0.6 is 23.2 Å². The van der Waals surface area contributed by atoms with Gasteiger partial charge in [-0.3, -0.25) is 4.79 Å². The molecule has 0 unspecified atom stereocenters. The maximum absolute atomic E-state index is 13.2. The molecule has 1 N–H and O–H groups in total. The van der Waals surface area contributed by atoms with Gasteiger partial charge in [0.15, 0.2) is 0 Å². The highest BCUT2D eigenvalue weighted by atomic mass is 35.5. The predicted octanol–water partition coefficient (Wildman–Crippen LogP) is 4.26. The molecule has 0 aliphatic heterocycles. The second-order valence-corrected chi connectivity index (χ2v) is 9.80. The average molecular weight is 443 g/mol. The average Bonchev–Trinajstić information content (AvgIpc) is 2.61. The molecule has 0 radical (unpaired) electrons. The Hall–Kier alpha value is -1.60. The van der Waals surface area contributed by atoms with Crippen LogP contribution in [0.2, 0.25) is 10.0 Å². The molecule has 8 heteroatoms. The van der Waals surface area contributed by atoms with Gasteiger partial charge in [-0.2, -0.15) is 4.31 Å². The normalized spacial score (nSPS) is 11.8. The summed E-state index contributed by atoms with van der Waals surface area (Å²) in [6.07, 6.45) is 0. The van der Waals surface area contributed by atoms with Gasteiger partial charge in [0.2, 0.25) is 15.9 Å². The first-order chi connectivity index (χ1) is 13.1. The number of carbonyl (C=O) groups is 1. The molecule has 28 heavy (non-hydrogen) atoms. The minimum absolute atomic E-state index is 0.0404. The van der Waals surface area contributed by atoms with Crippen molar-refractivity contribution in [2.75, 3.05) is 13.1 Å². The van der Waals surface area contributed by atoms with Gasteiger partial charge < -0.3 is 5.32 Å². The summed E-state index contributed by atoms with van der Waals surface area (Å²) < 4.78 is 27.5. The van der Waals surface area contributed by atoms with E-state index in [0.717, 1.165) is 9.87 Å². The molecule has 1 amide bonds. The van der Waals surface area contributed by atoms with E-state index in [4.69, 9.17) is 23.2 Å². The number of halogens is 2. The fourth-order valence-corrected chi connectivity index (χ4v) is 4.30. The number of rotatable bonds is 8. The summed E-state index contributed by atoms with van der Waals surface area (Å²) in [6, 6.07) is 11.4. The van der Waals surface area contributed by atoms with E-state index in [1.807, 2.05) is 20.8 Å². The summed E-state index contributed by atoms with van der Waals surface area (Å²) in [4.78, 5) is 12.5. The molecule has 0 saturated heterocycles. The van der Waals surface area contributed by atoms with Crippen LogP contribution in [0.1, 0.15) is 25.0 Å². The summed E-state index contributed by atoms with van der Waals surface area (Å²) in [5, 5.41) is 3.56. The number of nitrogens with zero attached hydrogens (tertiary/aromatic N) is 1. The highest BCUT2D eigenvalue weighted by Crippen LogP contribution is 2.25. The van der Waals surface area contributed by atoms with Gasteiger partial charge in [0.05, 0.1) is 11.4 Å². The van der Waals surface area contributed by atoms with Crippen LogP contribution in [-0.4, -0.2) is 31.7 Å². The third-order valence-electron chi connectivity index (χ3n) is 4.05. The molecule has 2 aromatic carbocycles. The van der Waals surface area contributed by atoms with Crippen LogP contribution in [0.15, 0.2) is 47.4 Å². The maximum Gasteiger partial charge on any atom is 0.243 e. The molecule has 5 nitrogen and oxygen atoms in total. The van der Waals surface area contributed by atoms with Gasteiger partial charge in [-0.15, -0.1) is 0 Å². The Balaban J connectivity index is 2.34. The van der Waals surface area contributed by atoms with Crippen molar-refractivity contribution in [3.8, 4) is 0 Å². The van der Waals surface area contributed by atoms with Crippen molar-refractivity contribution >= 4 is 39.1 Å². The summed E-state index contributed by atoms with van der Waals surface area (Å²) in [5.41, 5.74) is 1.51. The van der Waals surface area contributed by atoms with Gasteiger partial charge in [0, 0.05) is 23.1 Å². The van der Waals surface area contributed by atoms with E-state index in [0.29, 0.717) is 22.2 Å². The van der Waals surface area contributed by atoms with E-state index < -0.39 is 10.0 Å². The molecular formula is C20H24Cl2N2O3S. The third-order valence-corrected chi connectivity index (χ3v) is 6.44. The largest absolute Gasteiger partial charge is 0.355 e. The van der Waals surface area contributed by atoms with E-state index in [9.17, 15) is 13.2 Å². The second kappa shape index (κ2) is 9.74. The van der Waals surface area contributed by atoms with Crippen molar-refractivity contribution in [1.29, 1.82) is 0 Å². The molecule has 0 aromatic heterocycles. The van der Waals surface area contributed by atoms with E-state index in [-0.39, 0.29) is 29.8 Å². The van der Waals surface area contributed by atoms with Crippen LogP contribution in [0.3, 0.4) is 0 Å². The van der Waals surface area contributed by atoms with Crippen molar-refractivity contribution < 1.29 is 13.2 Å². The third kappa shape index (κ3) is 6.21. The topological polar surface area (TPSA) is 66.5 Å². The number of hydrogen-bond donors (Lipinski definition) is 1. The molecule has 0 saturated carbocycles. The van der Waals surface area contributed by atoms with Crippen molar-refractivity contribution in [3.63, 3.8) is 0 Å². The van der Waals surface area contributed by atoms with Crippen molar-refractivity contribution in [2.45, 2.75) is 32.2 Å². The zero-order chi connectivity index (χ0) is 20.9. The van der Waals surface area contributed by atoms with Crippen molar-refractivity contribution in [2.24, 2.45) is 5.92 Å². The van der Waals surface area contributed by atoms with Gasteiger partial charge >= 0.3 is 0 Å². The molecular weight excluding hydrogens is 419 g/mol. The summed E-state index contributed by atoms with van der Waals surface area (Å²) >= 11 is 12.2. The van der Waals surface area contributed by atoms with Gasteiger partial charge in [-0.1, -0.05) is 60.8 Å². The van der Waals surface area contributed by atoms with Crippen LogP contribution in [-0.2, 0) is 21.4 Å². The molecule has 2 aromatic rings. The van der Waals surface area contributed by atoms with Crippen LogP contribution in [0.25, 0.3) is 0 Å². The molecule has 2 rings (SSSR count). The molecule has 0 aliphatic rings. The quantitative estimate of drug-likeness (QED) is 0.663. The lowest BCUT2D eigenvalue weighted by Gasteiger charge is -2.23. The lowest BCUT2D eigenvalue weighted by Crippen LogP contribution is -2.41. The maximum atomic E-state index is 13.2. The van der Waals surface area contributed by atoms with Crippen LogP contribution in [0.4, 0.5) is 0 Å². The van der Waals surface area contributed by atoms with Gasteiger partial charge in [-0.25, -0.2) is 8.42 Å². The Morgan fingerprint density at radius 2 is 1.75 bits per heavy atom. The number of carbonyl (C=O) groups excluding carboxylic acids is 1. The highest BCUT2D eigenvalue weighted by Gasteiger charge is 2.27. The minimum atomic E-state index is -3.90. The number of nitrogens with one attached hydrogen (secondary N) is 1. The number of hydrogen-bond acceptors (Lipinski definition) is 3. The lowest BCUT2D eigenvalue weighted by molar-refractivity contribution is -0.121. The molecule has 152 valence electrons. The molecule has 0 bridgehead atoms. The van der Waals surface area contributed by atoms with E-state index in [2.05, 4.69) is 5.32 Å². The summed E-state index contributed by atoms with van der Waals surface area (Å²) in [7, 11) is -3.90. The molecule has 0 spiro atoms. The van der Waals surface area contributed by atoms with Crippen LogP contribution in [0.5, 0.6) is 0 Å². The Labute approximate surface area is 176 Å². The first kappa shape index (κ1) is 22.7. The van der Waals surface area contributed by atoms with Gasteiger partial charge in [0.25, 0.3) is 0 Å². The minimum Gasteiger partial charge on any atom is -0.355 e. The number of aryl methyl sites for hydroxylation is 1. The van der Waals surface area contributed by atoms with Gasteiger partial charge in [0.1, 0.15) is 0 Å². The van der Waals surface area contributed by atoms with Crippen molar-refractivity contribution in [3.05, 3.63) is 63.6 Å². The molecule has 0 fully saturated rings. The molecule has 0 atom stereocenters. The smallest absolute Gasteiger partial charge is 0.243 e. The van der Waals surface area contributed by atoms with E-state index in [1.54, 1.807) is 30.3 Å². The second-order valence-electron chi connectivity index (χ2n) is 7.02. The zero-order valence-electron chi connectivity index (χ0n) is 16.1. The molecule has 0 aliphatic carbocycles. The standard InChI is InChI=1S/C20H24Cl2N2O3S/c1-14(2)11-23-20(25)13-24(12-16-6-7-17(21)10-19(16)22)28(26,27)18-8-4-15(3)5-9-18/h4-10,14H,11-13H2,1-3H3,(H,23,25). The van der Waals surface area contributed by atoms with Gasteiger partial charge in [-0.05, 0) is 42.7 Å². The zero-order valence-corrected chi connectivity index (χ0v) is 18.4. The van der Waals surface area contributed by atoms with Crippen molar-refractivity contribution in [1.82, 2.24) is 9.62 Å². The fourth-order valence-electron chi connectivity index (χ4n) is 2.46. The Kier molecular flexibility index (Phi) is 7.89. The predicted molar refractivity (Wildman–Crippen MR) is 113 cm³/mol. The van der Waals surface area contributed by atoms with E-state index in [1.165, 1.54) is 12.1 Å². The lowest BCUT2D eigenvalue weighted by atomic mass is 10.2. The highest BCUT2D eigenvalue weighted by molar-refractivity contribution is 7.89. The molecule has 0 heterocycles. The first-order valence-corrected chi connectivity index (χ1v) is 11.1. The number of sulfonamides is 1. The summed E-state index contributed by atoms with van der Waals surface area (Å²) in [5.74, 6) is -0.105.